The van der Waals surface area contributed by atoms with E-state index in [0.29, 0.717) is 16.5 Å². The van der Waals surface area contributed by atoms with Gasteiger partial charge in [-0.3, -0.25) is 9.11 Å². The molecule has 0 saturated heterocycles. The summed E-state index contributed by atoms with van der Waals surface area (Å²) < 4.78 is 68.4. The molecular formula is C26H24N4O7S2. The summed E-state index contributed by atoms with van der Waals surface area (Å²) in [4.78, 5) is -1.02. The molecule has 39 heavy (non-hydrogen) atoms. The van der Waals surface area contributed by atoms with Gasteiger partial charge in [-0.05, 0) is 73.5 Å². The summed E-state index contributed by atoms with van der Waals surface area (Å²) in [6, 6.07) is 14.6. The molecule has 4 aromatic carbocycles. The number of nitrogens with zero attached hydrogens (tertiary/aromatic N) is 4. The number of hydrogen-bond donors (Lipinski definition) is 3. The summed E-state index contributed by atoms with van der Waals surface area (Å²) in [6.07, 6.45) is 0. The van der Waals surface area contributed by atoms with Crippen molar-refractivity contribution in [1.29, 1.82) is 0 Å². The molecule has 202 valence electrons. The van der Waals surface area contributed by atoms with Gasteiger partial charge in [0.2, 0.25) is 0 Å². The van der Waals surface area contributed by atoms with Crippen LogP contribution in [-0.4, -0.2) is 31.0 Å². The molecule has 0 spiro atoms. The van der Waals surface area contributed by atoms with Crippen LogP contribution in [-0.2, 0) is 20.2 Å². The van der Waals surface area contributed by atoms with Crippen LogP contribution < -0.4 is 0 Å². The smallest absolute Gasteiger partial charge is 0.297 e. The van der Waals surface area contributed by atoms with Crippen molar-refractivity contribution in [3.8, 4) is 5.75 Å². The summed E-state index contributed by atoms with van der Waals surface area (Å²) in [7, 11) is -9.48. The molecule has 4 rings (SSSR count). The van der Waals surface area contributed by atoms with Gasteiger partial charge in [-0.15, -0.1) is 15.3 Å². The topological polar surface area (TPSA) is 178 Å². The largest absolute Gasteiger partial charge is 0.506 e. The highest BCUT2D eigenvalue weighted by molar-refractivity contribution is 7.86. The van der Waals surface area contributed by atoms with E-state index >= 15 is 0 Å². The number of phenols is 1. The summed E-state index contributed by atoms with van der Waals surface area (Å²) in [6.45, 7) is 6.13. The zero-order valence-electron chi connectivity index (χ0n) is 21.3. The second kappa shape index (κ2) is 10.3. The van der Waals surface area contributed by atoms with Crippen molar-refractivity contribution >= 4 is 53.8 Å². The van der Waals surface area contributed by atoms with Gasteiger partial charge in [0.1, 0.15) is 32.6 Å². The minimum Gasteiger partial charge on any atom is -0.506 e. The molecule has 0 fully saturated rings. The number of azo groups is 2. The van der Waals surface area contributed by atoms with Gasteiger partial charge in [-0.25, -0.2) is 0 Å². The summed E-state index contributed by atoms with van der Waals surface area (Å²) in [5, 5.41) is 28.0. The van der Waals surface area contributed by atoms with Crippen molar-refractivity contribution in [2.45, 2.75) is 37.5 Å². The third-order valence-electron chi connectivity index (χ3n) is 6.00. The van der Waals surface area contributed by atoms with E-state index in [2.05, 4.69) is 20.5 Å². The SMILES string of the molecule is Cc1cc(C)c(N=Nc2cc(C)c(N=Nc3c(O)ccc4ccccc34)c(S(=O)(=O)O)c2C)c(S(=O)(=O)O)c1. The van der Waals surface area contributed by atoms with Crippen molar-refractivity contribution in [2.75, 3.05) is 0 Å². The maximum atomic E-state index is 12.4. The van der Waals surface area contributed by atoms with Crippen LogP contribution in [0.15, 0.2) is 84.8 Å². The first-order valence-corrected chi connectivity index (χ1v) is 14.3. The highest BCUT2D eigenvalue weighted by Gasteiger charge is 2.24. The quantitative estimate of drug-likeness (QED) is 0.164. The van der Waals surface area contributed by atoms with Crippen LogP contribution in [0.1, 0.15) is 22.3 Å². The molecule has 0 aliphatic rings. The average Bonchev–Trinajstić information content (AvgIpc) is 2.83. The fraction of sp³-hybridized carbons (Fsp3) is 0.154. The van der Waals surface area contributed by atoms with E-state index in [1.807, 2.05) is 12.1 Å². The van der Waals surface area contributed by atoms with Gasteiger partial charge < -0.3 is 5.11 Å². The van der Waals surface area contributed by atoms with Crippen molar-refractivity contribution < 1.29 is 31.0 Å². The van der Waals surface area contributed by atoms with Crippen molar-refractivity contribution in [2.24, 2.45) is 20.5 Å². The second-order valence-corrected chi connectivity index (χ2v) is 11.7. The molecule has 0 aromatic heterocycles. The molecule has 0 bridgehead atoms. The first-order valence-electron chi connectivity index (χ1n) is 11.4. The summed E-state index contributed by atoms with van der Waals surface area (Å²) in [5.74, 6) is -0.172. The molecule has 4 aromatic rings. The Balaban J connectivity index is 1.89. The minimum atomic E-state index is -4.85. The Kier molecular flexibility index (Phi) is 7.36. The van der Waals surface area contributed by atoms with Gasteiger partial charge in [0, 0.05) is 5.39 Å². The molecule has 0 atom stereocenters. The van der Waals surface area contributed by atoms with Crippen LogP contribution >= 0.6 is 0 Å². The third-order valence-corrected chi connectivity index (χ3v) is 7.88. The zero-order chi connectivity index (χ0) is 28.7. The molecule has 0 heterocycles. The number of benzene rings is 4. The maximum Gasteiger partial charge on any atom is 0.297 e. The molecule has 0 aliphatic heterocycles. The van der Waals surface area contributed by atoms with Crippen LogP contribution in [0.4, 0.5) is 22.7 Å². The van der Waals surface area contributed by atoms with E-state index in [1.165, 1.54) is 32.0 Å². The van der Waals surface area contributed by atoms with Gasteiger partial charge in [0.15, 0.2) is 0 Å². The first kappa shape index (κ1) is 28.0. The lowest BCUT2D eigenvalue weighted by atomic mass is 10.1. The fourth-order valence-electron chi connectivity index (χ4n) is 4.20. The zero-order valence-corrected chi connectivity index (χ0v) is 22.9. The molecule has 13 heteroatoms. The van der Waals surface area contributed by atoms with Crippen LogP contribution in [0.25, 0.3) is 10.8 Å². The van der Waals surface area contributed by atoms with Crippen LogP contribution in [0, 0.1) is 27.7 Å². The number of phenolic OH excluding ortho intramolecular Hbond substituents is 1. The summed E-state index contributed by atoms with van der Waals surface area (Å²) >= 11 is 0. The average molecular weight is 569 g/mol. The third kappa shape index (κ3) is 5.71. The highest BCUT2D eigenvalue weighted by atomic mass is 32.2. The van der Waals surface area contributed by atoms with E-state index in [9.17, 15) is 31.0 Å². The monoisotopic (exact) mass is 568 g/mol. The Hall–Kier alpha value is -4.04. The number of aromatic hydroxyl groups is 1. The van der Waals surface area contributed by atoms with Gasteiger partial charge in [0.05, 0.1) is 5.69 Å². The maximum absolute atomic E-state index is 12.4. The Bertz CT molecular complexity index is 1920. The molecule has 0 amide bonds. The highest BCUT2D eigenvalue weighted by Crippen LogP contribution is 2.41. The molecule has 0 saturated carbocycles. The van der Waals surface area contributed by atoms with E-state index < -0.39 is 30.0 Å². The van der Waals surface area contributed by atoms with Crippen molar-refractivity contribution in [1.82, 2.24) is 0 Å². The Morgan fingerprint density at radius 2 is 1.28 bits per heavy atom. The van der Waals surface area contributed by atoms with E-state index in [0.717, 1.165) is 5.39 Å². The van der Waals surface area contributed by atoms with Crippen LogP contribution in [0.3, 0.4) is 0 Å². The summed E-state index contributed by atoms with van der Waals surface area (Å²) in [5.41, 5.74) is 1.04. The number of rotatable bonds is 6. The molecular weight excluding hydrogens is 544 g/mol. The minimum absolute atomic E-state index is 0.00773. The lowest BCUT2D eigenvalue weighted by molar-refractivity contribution is 0.477. The predicted molar refractivity (Wildman–Crippen MR) is 145 cm³/mol. The standard InChI is InChI=1S/C26H24N4O7S2/c1-14-11-15(2)23(22(12-14)38(32,33)34)28-27-20-13-16(3)24(26(17(20)4)39(35,36)37)29-30-25-19-8-6-5-7-18(19)9-10-21(25)31/h5-13,31H,1-4H3,(H,32,33,34)(H,35,36,37). The predicted octanol–water partition coefficient (Wildman–Crippen LogP) is 7.10. The van der Waals surface area contributed by atoms with E-state index in [-0.39, 0.29) is 39.6 Å². The number of hydrogen-bond acceptors (Lipinski definition) is 9. The van der Waals surface area contributed by atoms with Crippen LogP contribution in [0.5, 0.6) is 5.75 Å². The number of aryl methyl sites for hydroxylation is 3. The van der Waals surface area contributed by atoms with Crippen molar-refractivity contribution in [3.63, 3.8) is 0 Å². The number of fused-ring (bicyclic) bond motifs is 1. The van der Waals surface area contributed by atoms with Gasteiger partial charge in [-0.2, -0.15) is 21.9 Å². The Labute approximate surface area is 225 Å². The normalized spacial score (nSPS) is 12.7. The second-order valence-electron chi connectivity index (χ2n) is 8.95. The lowest BCUT2D eigenvalue weighted by Crippen LogP contribution is -2.03. The lowest BCUT2D eigenvalue weighted by Gasteiger charge is -2.12. The van der Waals surface area contributed by atoms with E-state index in [4.69, 9.17) is 0 Å². The Morgan fingerprint density at radius 3 is 1.95 bits per heavy atom. The van der Waals surface area contributed by atoms with Gasteiger partial charge in [-0.1, -0.05) is 36.4 Å². The molecule has 0 radical (unpaired) electrons. The van der Waals surface area contributed by atoms with Crippen molar-refractivity contribution in [3.05, 3.63) is 76.9 Å². The van der Waals surface area contributed by atoms with E-state index in [1.54, 1.807) is 38.1 Å². The van der Waals surface area contributed by atoms with Gasteiger partial charge >= 0.3 is 0 Å². The van der Waals surface area contributed by atoms with Gasteiger partial charge in [0.25, 0.3) is 20.2 Å². The first-order chi connectivity index (χ1) is 18.2. The Morgan fingerprint density at radius 1 is 0.667 bits per heavy atom. The fourth-order valence-corrected chi connectivity index (χ4v) is 5.92. The molecule has 0 unspecified atom stereocenters. The molecule has 11 nitrogen and oxygen atoms in total. The molecule has 3 N–H and O–H groups in total. The molecule has 0 aliphatic carbocycles. The van der Waals surface area contributed by atoms with Crippen LogP contribution in [0.2, 0.25) is 0 Å².